The molecule has 0 saturated heterocycles. The number of benzene rings is 3. The Morgan fingerprint density at radius 2 is 1.63 bits per heavy atom. The first-order valence-corrected chi connectivity index (χ1v) is 10.3. The largest absolute Gasteiger partial charge is 0.345 e. The molecule has 1 atom stereocenters. The van der Waals surface area contributed by atoms with Crippen molar-refractivity contribution in [3.05, 3.63) is 101 Å². The Morgan fingerprint density at radius 3 is 2.33 bits per heavy atom. The van der Waals surface area contributed by atoms with Crippen molar-refractivity contribution in [2.75, 3.05) is 5.75 Å². The Hall–Kier alpha value is -2.23. The average Bonchev–Trinajstić information content (AvgIpc) is 2.69. The molecule has 27 heavy (non-hydrogen) atoms. The van der Waals surface area contributed by atoms with Crippen molar-refractivity contribution in [2.24, 2.45) is 0 Å². The van der Waals surface area contributed by atoms with E-state index in [0.29, 0.717) is 6.42 Å². The van der Waals surface area contributed by atoms with Crippen LogP contribution in [0.2, 0.25) is 5.02 Å². The molecule has 0 fully saturated rings. The van der Waals surface area contributed by atoms with E-state index in [1.54, 1.807) is 11.8 Å². The van der Waals surface area contributed by atoms with E-state index in [1.165, 1.54) is 5.56 Å². The second-order valence-corrected chi connectivity index (χ2v) is 7.92. The molecule has 3 aromatic rings. The number of amides is 1. The third-order valence-electron chi connectivity index (χ3n) is 4.35. The molecule has 3 aromatic carbocycles. The topological polar surface area (TPSA) is 29.1 Å². The Labute approximate surface area is 170 Å². The van der Waals surface area contributed by atoms with Gasteiger partial charge in [-0.25, -0.2) is 0 Å². The molecule has 3 rings (SSSR count). The zero-order valence-corrected chi connectivity index (χ0v) is 16.8. The predicted molar refractivity (Wildman–Crippen MR) is 114 cm³/mol. The maximum atomic E-state index is 12.6. The molecule has 138 valence electrons. The normalized spacial score (nSPS) is 11.8. The fraction of sp³-hybridized carbons (Fsp3) is 0.174. The first-order valence-electron chi connectivity index (χ1n) is 8.91. The Kier molecular flexibility index (Phi) is 6.97. The van der Waals surface area contributed by atoms with Crippen molar-refractivity contribution in [3.63, 3.8) is 0 Å². The lowest BCUT2D eigenvalue weighted by atomic mass is 9.95. The quantitative estimate of drug-likeness (QED) is 0.494. The summed E-state index contributed by atoms with van der Waals surface area (Å²) in [5.41, 5.74) is 3.38. The first kappa shape index (κ1) is 19.5. The van der Waals surface area contributed by atoms with Gasteiger partial charge in [-0.15, -0.1) is 11.8 Å². The summed E-state index contributed by atoms with van der Waals surface area (Å²) in [6, 6.07) is 25.8. The monoisotopic (exact) mass is 395 g/mol. The highest BCUT2D eigenvalue weighted by Gasteiger charge is 2.18. The van der Waals surface area contributed by atoms with Gasteiger partial charge in [0.2, 0.25) is 5.91 Å². The van der Waals surface area contributed by atoms with Crippen LogP contribution in [0.25, 0.3) is 0 Å². The zero-order chi connectivity index (χ0) is 19.1. The maximum absolute atomic E-state index is 12.6. The van der Waals surface area contributed by atoms with Crippen LogP contribution in [0.15, 0.2) is 83.8 Å². The first-order chi connectivity index (χ1) is 13.1. The molecule has 1 N–H and O–H groups in total. The lowest BCUT2D eigenvalue weighted by Gasteiger charge is -2.21. The van der Waals surface area contributed by atoms with Crippen LogP contribution in [-0.2, 0) is 4.79 Å². The zero-order valence-electron chi connectivity index (χ0n) is 15.2. The number of carbonyl (C=O) groups is 1. The van der Waals surface area contributed by atoms with Gasteiger partial charge in [-0.2, -0.15) is 0 Å². The highest BCUT2D eigenvalue weighted by molar-refractivity contribution is 7.99. The van der Waals surface area contributed by atoms with E-state index in [0.717, 1.165) is 26.8 Å². The number of rotatable bonds is 7. The van der Waals surface area contributed by atoms with Crippen LogP contribution in [0.4, 0.5) is 0 Å². The van der Waals surface area contributed by atoms with E-state index in [-0.39, 0.29) is 11.9 Å². The lowest BCUT2D eigenvalue weighted by molar-refractivity contribution is -0.121. The Bertz CT molecular complexity index is 880. The summed E-state index contributed by atoms with van der Waals surface area (Å²) in [5.74, 6) is 0.775. The van der Waals surface area contributed by atoms with Gasteiger partial charge < -0.3 is 5.32 Å². The van der Waals surface area contributed by atoms with Crippen LogP contribution >= 0.6 is 23.4 Å². The van der Waals surface area contributed by atoms with Crippen molar-refractivity contribution >= 4 is 29.3 Å². The van der Waals surface area contributed by atoms with Crippen LogP contribution in [0, 0.1) is 6.92 Å². The molecule has 0 spiro atoms. The average molecular weight is 396 g/mol. The second kappa shape index (κ2) is 9.63. The van der Waals surface area contributed by atoms with Crippen molar-refractivity contribution in [1.29, 1.82) is 0 Å². The molecule has 0 radical (unpaired) electrons. The number of thioether (sulfide) groups is 1. The van der Waals surface area contributed by atoms with Crippen LogP contribution in [0.1, 0.15) is 29.2 Å². The fourth-order valence-corrected chi connectivity index (χ4v) is 3.90. The summed E-state index contributed by atoms with van der Waals surface area (Å²) >= 11 is 7.57. The van der Waals surface area contributed by atoms with Crippen LogP contribution in [0.5, 0.6) is 0 Å². The van der Waals surface area contributed by atoms with E-state index >= 15 is 0 Å². The van der Waals surface area contributed by atoms with Gasteiger partial charge in [0.25, 0.3) is 0 Å². The number of hydrogen-bond acceptors (Lipinski definition) is 2. The third kappa shape index (κ3) is 5.62. The molecule has 2 nitrogen and oxygen atoms in total. The van der Waals surface area contributed by atoms with Crippen molar-refractivity contribution < 1.29 is 4.79 Å². The molecule has 0 aliphatic heterocycles. The van der Waals surface area contributed by atoms with Gasteiger partial charge >= 0.3 is 0 Å². The number of carbonyl (C=O) groups excluding carboxylic acids is 1. The minimum atomic E-state index is -0.138. The summed E-state index contributed by atoms with van der Waals surface area (Å²) in [6.07, 6.45) is 0.461. The smallest absolute Gasteiger partial charge is 0.221 e. The SMILES string of the molecule is Cc1ccccc1[C@H](NC(=O)CCSc1ccc(Cl)cc1)c1ccccc1. The van der Waals surface area contributed by atoms with Crippen LogP contribution in [-0.4, -0.2) is 11.7 Å². The minimum absolute atomic E-state index is 0.0496. The molecular weight excluding hydrogens is 374 g/mol. The number of aryl methyl sites for hydroxylation is 1. The highest BCUT2D eigenvalue weighted by Crippen LogP contribution is 2.25. The van der Waals surface area contributed by atoms with Gasteiger partial charge in [-0.1, -0.05) is 66.2 Å². The van der Waals surface area contributed by atoms with Crippen molar-refractivity contribution in [1.82, 2.24) is 5.32 Å². The third-order valence-corrected chi connectivity index (χ3v) is 5.61. The molecule has 0 saturated carbocycles. The van der Waals surface area contributed by atoms with Crippen LogP contribution < -0.4 is 5.32 Å². The summed E-state index contributed by atoms with van der Waals surface area (Å²) in [6.45, 7) is 2.08. The van der Waals surface area contributed by atoms with Gasteiger partial charge in [-0.3, -0.25) is 4.79 Å². The predicted octanol–water partition coefficient (Wildman–Crippen LogP) is 6.04. The molecule has 0 aromatic heterocycles. The molecule has 0 aliphatic rings. The van der Waals surface area contributed by atoms with E-state index in [1.807, 2.05) is 54.6 Å². The highest BCUT2D eigenvalue weighted by atomic mass is 35.5. The van der Waals surface area contributed by atoms with E-state index in [4.69, 9.17) is 11.6 Å². The van der Waals surface area contributed by atoms with Gasteiger partial charge in [0.15, 0.2) is 0 Å². The number of hydrogen-bond donors (Lipinski definition) is 1. The van der Waals surface area contributed by atoms with Gasteiger partial charge in [0, 0.05) is 22.1 Å². The molecule has 0 heterocycles. The summed E-state index contributed by atoms with van der Waals surface area (Å²) in [5, 5.41) is 3.94. The molecule has 0 aliphatic carbocycles. The molecule has 0 unspecified atom stereocenters. The summed E-state index contributed by atoms with van der Waals surface area (Å²) in [7, 11) is 0. The molecular formula is C23H22ClNOS. The molecule has 1 amide bonds. The fourth-order valence-electron chi connectivity index (χ4n) is 2.92. The van der Waals surface area contributed by atoms with E-state index in [9.17, 15) is 4.79 Å². The Balaban J connectivity index is 1.66. The standard InChI is InChI=1S/C23H22ClNOS/c1-17-7-5-6-10-21(17)23(18-8-3-2-4-9-18)25-22(26)15-16-27-20-13-11-19(24)12-14-20/h2-14,23H,15-16H2,1H3,(H,25,26)/t23-/m1/s1. The van der Waals surface area contributed by atoms with Gasteiger partial charge in [0.05, 0.1) is 6.04 Å². The summed E-state index contributed by atoms with van der Waals surface area (Å²) in [4.78, 5) is 13.7. The number of nitrogens with one attached hydrogen (secondary N) is 1. The lowest BCUT2D eigenvalue weighted by Crippen LogP contribution is -2.30. The maximum Gasteiger partial charge on any atom is 0.221 e. The molecule has 4 heteroatoms. The molecule has 0 bridgehead atoms. The van der Waals surface area contributed by atoms with E-state index < -0.39 is 0 Å². The summed E-state index contributed by atoms with van der Waals surface area (Å²) < 4.78 is 0. The van der Waals surface area contributed by atoms with Crippen molar-refractivity contribution in [3.8, 4) is 0 Å². The van der Waals surface area contributed by atoms with E-state index in [2.05, 4.69) is 36.5 Å². The van der Waals surface area contributed by atoms with Gasteiger partial charge in [-0.05, 0) is 47.9 Å². The Morgan fingerprint density at radius 1 is 0.963 bits per heavy atom. The number of halogens is 1. The van der Waals surface area contributed by atoms with Crippen molar-refractivity contribution in [2.45, 2.75) is 24.3 Å². The van der Waals surface area contributed by atoms with Gasteiger partial charge in [0.1, 0.15) is 0 Å². The van der Waals surface area contributed by atoms with Crippen LogP contribution in [0.3, 0.4) is 0 Å². The minimum Gasteiger partial charge on any atom is -0.345 e. The second-order valence-electron chi connectivity index (χ2n) is 6.32.